The highest BCUT2D eigenvalue weighted by Gasteiger charge is 2.58. The van der Waals surface area contributed by atoms with Crippen LogP contribution in [0.2, 0.25) is 5.15 Å². The lowest BCUT2D eigenvalue weighted by Crippen LogP contribution is -2.41. The molecule has 2 heterocycles. The summed E-state index contributed by atoms with van der Waals surface area (Å²) < 4.78 is 92.0. The van der Waals surface area contributed by atoms with Gasteiger partial charge in [0.05, 0.1) is 16.3 Å². The molecule has 0 saturated heterocycles. The molecule has 2 rings (SSSR count). The third-order valence-electron chi connectivity index (χ3n) is 3.36. The molecule has 2 aromatic heterocycles. The fraction of sp³-hybridized carbons (Fsp3) is 0.333. The van der Waals surface area contributed by atoms with Gasteiger partial charge in [0.1, 0.15) is 5.69 Å². The fourth-order valence-corrected chi connectivity index (χ4v) is 3.12. The average Bonchev–Trinajstić information content (AvgIpc) is 2.60. The molecule has 12 heteroatoms. The van der Waals surface area contributed by atoms with Crippen LogP contribution in [0.3, 0.4) is 0 Å². The Morgan fingerprint density at radius 2 is 1.85 bits per heavy atom. The Balaban J connectivity index is 2.52. The number of halogens is 6. The van der Waals surface area contributed by atoms with Crippen LogP contribution in [0.25, 0.3) is 11.4 Å². The van der Waals surface area contributed by atoms with Gasteiger partial charge in [0.25, 0.3) is 0 Å². The maximum Gasteiger partial charge on any atom is 0.456 e. The smallest absolute Gasteiger partial charge is 0.456 e. The van der Waals surface area contributed by atoms with E-state index < -0.39 is 44.3 Å². The molecule has 0 atom stereocenters. The average molecular weight is 431 g/mol. The molecule has 0 fully saturated rings. The van der Waals surface area contributed by atoms with E-state index in [1.807, 2.05) is 0 Å². The second-order valence-corrected chi connectivity index (χ2v) is 7.84. The second kappa shape index (κ2) is 7.55. The predicted molar refractivity (Wildman–Crippen MR) is 86.7 cm³/mol. The van der Waals surface area contributed by atoms with Crippen LogP contribution < -0.4 is 4.74 Å². The zero-order chi connectivity index (χ0) is 20.5. The van der Waals surface area contributed by atoms with Crippen molar-refractivity contribution < 1.29 is 35.1 Å². The predicted octanol–water partition coefficient (Wildman–Crippen LogP) is 4.17. The van der Waals surface area contributed by atoms with Gasteiger partial charge in [0.15, 0.2) is 27.3 Å². The summed E-state index contributed by atoms with van der Waals surface area (Å²) in [5.74, 6) is -6.25. The maximum atomic E-state index is 13.1. The van der Waals surface area contributed by atoms with Crippen LogP contribution in [0.5, 0.6) is 5.75 Å². The zero-order valence-electron chi connectivity index (χ0n) is 13.6. The van der Waals surface area contributed by atoms with Crippen molar-refractivity contribution in [3.63, 3.8) is 0 Å². The lowest BCUT2D eigenvalue weighted by molar-refractivity contribution is -0.290. The fourth-order valence-electron chi connectivity index (χ4n) is 1.89. The van der Waals surface area contributed by atoms with Gasteiger partial charge in [-0.15, -0.1) is 0 Å². The van der Waals surface area contributed by atoms with Crippen molar-refractivity contribution >= 4 is 21.4 Å². The minimum absolute atomic E-state index is 0.124. The van der Waals surface area contributed by atoms with Crippen molar-refractivity contribution in [3.8, 4) is 17.1 Å². The number of ether oxygens (including phenoxy) is 1. The van der Waals surface area contributed by atoms with E-state index in [4.69, 9.17) is 11.6 Å². The first-order chi connectivity index (χ1) is 12.4. The lowest BCUT2D eigenvalue weighted by atomic mass is 10.2. The molecule has 0 N–H and O–H groups in total. The van der Waals surface area contributed by atoms with Crippen LogP contribution in [0, 0.1) is 0 Å². The normalized spacial score (nSPS) is 12.9. The van der Waals surface area contributed by atoms with E-state index in [1.54, 1.807) is 12.1 Å². The van der Waals surface area contributed by atoms with Crippen molar-refractivity contribution in [1.29, 1.82) is 0 Å². The number of sulfone groups is 1. The number of pyridine rings is 2. The van der Waals surface area contributed by atoms with Crippen molar-refractivity contribution in [2.75, 3.05) is 12.4 Å². The molecule has 0 unspecified atom stereocenters. The minimum Gasteiger partial charge on any atom is -0.484 e. The van der Waals surface area contributed by atoms with Gasteiger partial charge in [-0.3, -0.25) is 4.98 Å². The molecule has 0 radical (unpaired) electrons. The standard InChI is InChI=1S/C15H12ClF5N2O3S/c1-2-27(24,25)11-7-10(26-8-14(17,18)15(19,20)21)13(16)23-12(11)9-5-3-4-6-22-9/h3-7H,2,8H2,1H3. The first-order valence-electron chi connectivity index (χ1n) is 7.31. The highest BCUT2D eigenvalue weighted by atomic mass is 35.5. The molecule has 0 aromatic carbocycles. The molecule has 0 saturated carbocycles. The van der Waals surface area contributed by atoms with Gasteiger partial charge in [0.2, 0.25) is 0 Å². The molecule has 0 aliphatic rings. The van der Waals surface area contributed by atoms with E-state index in [1.165, 1.54) is 19.2 Å². The molecule has 0 aliphatic heterocycles. The van der Waals surface area contributed by atoms with Gasteiger partial charge in [-0.05, 0) is 12.1 Å². The molecular formula is C15H12ClF5N2O3S. The summed E-state index contributed by atoms with van der Waals surface area (Å²) in [5.41, 5.74) is -0.0454. The summed E-state index contributed by atoms with van der Waals surface area (Å²) in [4.78, 5) is 7.30. The van der Waals surface area contributed by atoms with Crippen LogP contribution in [0.15, 0.2) is 35.4 Å². The minimum atomic E-state index is -5.83. The quantitative estimate of drug-likeness (QED) is 0.508. The second-order valence-electron chi connectivity index (χ2n) is 5.23. The Kier molecular flexibility index (Phi) is 5.95. The van der Waals surface area contributed by atoms with Crippen molar-refractivity contribution in [3.05, 3.63) is 35.6 Å². The molecule has 148 valence electrons. The monoisotopic (exact) mass is 430 g/mol. The Morgan fingerprint density at radius 3 is 2.37 bits per heavy atom. The van der Waals surface area contributed by atoms with Crippen molar-refractivity contribution in [1.82, 2.24) is 9.97 Å². The number of hydrogen-bond acceptors (Lipinski definition) is 5. The summed E-state index contributed by atoms with van der Waals surface area (Å²) in [7, 11) is -3.95. The number of aromatic nitrogens is 2. The van der Waals surface area contributed by atoms with Gasteiger partial charge < -0.3 is 4.74 Å². The largest absolute Gasteiger partial charge is 0.484 e. The lowest BCUT2D eigenvalue weighted by Gasteiger charge is -2.20. The zero-order valence-corrected chi connectivity index (χ0v) is 15.2. The van der Waals surface area contributed by atoms with Gasteiger partial charge in [-0.1, -0.05) is 24.6 Å². The van der Waals surface area contributed by atoms with Gasteiger partial charge in [-0.25, -0.2) is 13.4 Å². The number of hydrogen-bond donors (Lipinski definition) is 0. The Labute approximate surface area is 156 Å². The molecule has 0 amide bonds. The summed E-state index contributed by atoms with van der Waals surface area (Å²) in [6.45, 7) is -0.753. The molecule has 5 nitrogen and oxygen atoms in total. The first kappa shape index (κ1) is 21.3. The van der Waals surface area contributed by atoms with E-state index in [-0.39, 0.29) is 17.1 Å². The van der Waals surface area contributed by atoms with Crippen LogP contribution in [-0.4, -0.2) is 42.8 Å². The summed E-state index contributed by atoms with van der Waals surface area (Å²) in [5, 5.41) is -0.580. The Morgan fingerprint density at radius 1 is 1.19 bits per heavy atom. The summed E-state index contributed by atoms with van der Waals surface area (Å²) in [6, 6.07) is 5.32. The Hall–Kier alpha value is -2.01. The van der Waals surface area contributed by atoms with Crippen molar-refractivity contribution in [2.45, 2.75) is 23.9 Å². The van der Waals surface area contributed by atoms with Gasteiger partial charge in [-0.2, -0.15) is 22.0 Å². The van der Waals surface area contributed by atoms with Gasteiger partial charge in [0, 0.05) is 12.3 Å². The van der Waals surface area contributed by atoms with E-state index >= 15 is 0 Å². The SMILES string of the molecule is CCS(=O)(=O)c1cc(OCC(F)(F)C(F)(F)F)c(Cl)nc1-c1ccccn1. The molecule has 2 aromatic rings. The van der Waals surface area contributed by atoms with Crippen LogP contribution >= 0.6 is 11.6 Å². The van der Waals surface area contributed by atoms with Gasteiger partial charge >= 0.3 is 12.1 Å². The van der Waals surface area contributed by atoms with Crippen LogP contribution in [0.1, 0.15) is 6.92 Å². The Bertz CT molecular complexity index is 921. The molecule has 27 heavy (non-hydrogen) atoms. The van der Waals surface area contributed by atoms with Crippen molar-refractivity contribution in [2.24, 2.45) is 0 Å². The summed E-state index contributed by atoms with van der Waals surface area (Å²) >= 11 is 5.80. The number of alkyl halides is 5. The van der Waals surface area contributed by atoms with Crippen LogP contribution in [0.4, 0.5) is 22.0 Å². The number of nitrogens with zero attached hydrogens (tertiary/aromatic N) is 2. The van der Waals surface area contributed by atoms with E-state index in [9.17, 15) is 30.4 Å². The molecule has 0 bridgehead atoms. The summed E-state index contributed by atoms with van der Waals surface area (Å²) in [6.07, 6.45) is -4.47. The van der Waals surface area contributed by atoms with E-state index in [2.05, 4.69) is 14.7 Å². The molecule has 0 aliphatic carbocycles. The maximum absolute atomic E-state index is 13.1. The third kappa shape index (κ3) is 4.64. The van der Waals surface area contributed by atoms with E-state index in [0.29, 0.717) is 0 Å². The third-order valence-corrected chi connectivity index (χ3v) is 5.37. The van der Waals surface area contributed by atoms with Crippen LogP contribution in [-0.2, 0) is 9.84 Å². The number of rotatable bonds is 6. The highest BCUT2D eigenvalue weighted by Crippen LogP contribution is 2.38. The first-order valence-corrected chi connectivity index (χ1v) is 9.34. The topological polar surface area (TPSA) is 69.2 Å². The molecular weight excluding hydrogens is 419 g/mol. The van der Waals surface area contributed by atoms with E-state index in [0.717, 1.165) is 6.07 Å². The molecule has 0 spiro atoms. The highest BCUT2D eigenvalue weighted by molar-refractivity contribution is 7.91.